The summed E-state index contributed by atoms with van der Waals surface area (Å²) in [6.07, 6.45) is 1.80. The van der Waals surface area contributed by atoms with Gasteiger partial charge in [-0.3, -0.25) is 4.79 Å². The summed E-state index contributed by atoms with van der Waals surface area (Å²) in [5, 5.41) is 3.98. The molecular formula is C26H23ClN2O4S. The maximum atomic E-state index is 12.5. The predicted molar refractivity (Wildman–Crippen MR) is 137 cm³/mol. The summed E-state index contributed by atoms with van der Waals surface area (Å²) in [6.45, 7) is 2.79. The molecule has 0 bridgehead atoms. The molecule has 0 spiro atoms. The van der Waals surface area contributed by atoms with E-state index in [9.17, 15) is 4.79 Å². The third-order valence-electron chi connectivity index (χ3n) is 4.83. The molecule has 4 rings (SSSR count). The maximum Gasteiger partial charge on any atom is 0.264 e. The van der Waals surface area contributed by atoms with E-state index in [1.165, 1.54) is 11.8 Å². The molecule has 1 aliphatic rings. The molecule has 1 heterocycles. The van der Waals surface area contributed by atoms with Gasteiger partial charge < -0.3 is 19.5 Å². The first kappa shape index (κ1) is 23.7. The van der Waals surface area contributed by atoms with Gasteiger partial charge in [0, 0.05) is 5.02 Å². The molecule has 3 aromatic rings. The summed E-state index contributed by atoms with van der Waals surface area (Å²) in [5.41, 5.74) is 2.47. The number of para-hydroxylation sites is 2. The van der Waals surface area contributed by atoms with Crippen LogP contribution >= 0.6 is 23.4 Å². The van der Waals surface area contributed by atoms with E-state index in [2.05, 4.69) is 10.3 Å². The Bertz CT molecular complexity index is 1240. The first-order valence-electron chi connectivity index (χ1n) is 10.6. The van der Waals surface area contributed by atoms with Crippen molar-refractivity contribution in [2.24, 2.45) is 4.99 Å². The van der Waals surface area contributed by atoms with Crippen molar-refractivity contribution in [3.8, 4) is 17.2 Å². The zero-order valence-electron chi connectivity index (χ0n) is 18.7. The summed E-state index contributed by atoms with van der Waals surface area (Å²) in [6, 6.07) is 20.5. The summed E-state index contributed by atoms with van der Waals surface area (Å²) in [5.74, 6) is 1.66. The van der Waals surface area contributed by atoms with E-state index in [0.29, 0.717) is 51.2 Å². The normalized spacial score (nSPS) is 15.4. The first-order valence-corrected chi connectivity index (χ1v) is 11.8. The predicted octanol–water partition coefficient (Wildman–Crippen LogP) is 6.22. The molecule has 6 nitrogen and oxygen atoms in total. The Balaban J connectivity index is 1.51. The van der Waals surface area contributed by atoms with Crippen LogP contribution in [0.3, 0.4) is 0 Å². The quantitative estimate of drug-likeness (QED) is 0.376. The number of rotatable bonds is 8. The highest BCUT2D eigenvalue weighted by Crippen LogP contribution is 2.34. The number of nitrogens with one attached hydrogen (secondary N) is 1. The number of thioether (sulfide) groups is 1. The van der Waals surface area contributed by atoms with Crippen LogP contribution in [0.1, 0.15) is 18.1 Å². The lowest BCUT2D eigenvalue weighted by molar-refractivity contribution is -0.115. The molecule has 174 valence electrons. The number of amidine groups is 1. The smallest absolute Gasteiger partial charge is 0.264 e. The van der Waals surface area contributed by atoms with E-state index in [1.807, 2.05) is 73.7 Å². The average molecular weight is 495 g/mol. The Morgan fingerprint density at radius 1 is 1.00 bits per heavy atom. The van der Waals surface area contributed by atoms with Crippen molar-refractivity contribution >= 4 is 46.2 Å². The number of hydrogen-bond acceptors (Lipinski definition) is 6. The molecule has 1 aliphatic heterocycles. The molecule has 0 atom stereocenters. The first-order chi connectivity index (χ1) is 16.6. The SMILES string of the molecule is CCOc1cc(/C=C2\SC(=Nc3ccccc3OC)NC2=O)ccc1OCc1ccc(Cl)cc1. The van der Waals surface area contributed by atoms with Gasteiger partial charge >= 0.3 is 0 Å². The minimum Gasteiger partial charge on any atom is -0.494 e. The number of hydrogen-bond donors (Lipinski definition) is 1. The molecule has 0 unspecified atom stereocenters. The number of carbonyl (C=O) groups is 1. The number of benzene rings is 3. The van der Waals surface area contributed by atoms with Crippen LogP contribution in [0.15, 0.2) is 76.6 Å². The van der Waals surface area contributed by atoms with Gasteiger partial charge in [-0.05, 0) is 72.3 Å². The highest BCUT2D eigenvalue weighted by atomic mass is 35.5. The molecule has 34 heavy (non-hydrogen) atoms. The van der Waals surface area contributed by atoms with Crippen molar-refractivity contribution in [1.29, 1.82) is 0 Å². The molecule has 1 amide bonds. The molecule has 1 saturated heterocycles. The van der Waals surface area contributed by atoms with Crippen molar-refractivity contribution in [1.82, 2.24) is 5.32 Å². The minimum absolute atomic E-state index is 0.209. The second-order valence-corrected chi connectivity index (χ2v) is 8.67. The molecule has 0 aliphatic carbocycles. The lowest BCUT2D eigenvalue weighted by Gasteiger charge is -2.13. The summed E-state index contributed by atoms with van der Waals surface area (Å²) >= 11 is 7.22. The lowest BCUT2D eigenvalue weighted by atomic mass is 10.2. The summed E-state index contributed by atoms with van der Waals surface area (Å²) in [7, 11) is 1.59. The molecule has 3 aromatic carbocycles. The topological polar surface area (TPSA) is 69.2 Å². The van der Waals surface area contributed by atoms with Gasteiger partial charge in [-0.15, -0.1) is 0 Å². The van der Waals surface area contributed by atoms with Gasteiger partial charge in [-0.25, -0.2) is 4.99 Å². The third kappa shape index (κ3) is 5.92. The molecule has 0 radical (unpaired) electrons. The Kier molecular flexibility index (Phi) is 7.77. The number of amides is 1. The highest BCUT2D eigenvalue weighted by molar-refractivity contribution is 8.18. The molecule has 1 fully saturated rings. The third-order valence-corrected chi connectivity index (χ3v) is 5.99. The monoisotopic (exact) mass is 494 g/mol. The molecule has 8 heteroatoms. The zero-order chi connectivity index (χ0) is 23.9. The number of ether oxygens (including phenoxy) is 3. The van der Waals surface area contributed by atoms with E-state index in [-0.39, 0.29) is 5.91 Å². The van der Waals surface area contributed by atoms with E-state index in [0.717, 1.165) is 11.1 Å². The minimum atomic E-state index is -0.209. The van der Waals surface area contributed by atoms with Crippen LogP contribution in [-0.4, -0.2) is 24.8 Å². The van der Waals surface area contributed by atoms with Crippen molar-refractivity contribution in [3.05, 3.63) is 87.8 Å². The largest absolute Gasteiger partial charge is 0.494 e. The number of methoxy groups -OCH3 is 1. The van der Waals surface area contributed by atoms with Crippen LogP contribution in [-0.2, 0) is 11.4 Å². The Hall–Kier alpha value is -3.42. The fourth-order valence-electron chi connectivity index (χ4n) is 3.21. The fourth-order valence-corrected chi connectivity index (χ4v) is 4.17. The second-order valence-electron chi connectivity index (χ2n) is 7.21. The van der Waals surface area contributed by atoms with Gasteiger partial charge in [0.1, 0.15) is 18.0 Å². The Labute approximate surface area is 207 Å². The van der Waals surface area contributed by atoms with Gasteiger partial charge in [0.05, 0.1) is 18.6 Å². The van der Waals surface area contributed by atoms with Crippen molar-refractivity contribution in [3.63, 3.8) is 0 Å². The number of nitrogens with zero attached hydrogens (tertiary/aromatic N) is 1. The fraction of sp³-hybridized carbons (Fsp3) is 0.154. The van der Waals surface area contributed by atoms with Crippen LogP contribution in [0.5, 0.6) is 17.2 Å². The van der Waals surface area contributed by atoms with E-state index in [4.69, 9.17) is 25.8 Å². The number of carbonyl (C=O) groups excluding carboxylic acids is 1. The van der Waals surface area contributed by atoms with Gasteiger partial charge in [0.25, 0.3) is 5.91 Å². The number of halogens is 1. The molecule has 0 saturated carbocycles. The second kappa shape index (κ2) is 11.1. The average Bonchev–Trinajstić information content (AvgIpc) is 3.18. The van der Waals surface area contributed by atoms with Crippen molar-refractivity contribution < 1.29 is 19.0 Å². The zero-order valence-corrected chi connectivity index (χ0v) is 20.3. The van der Waals surface area contributed by atoms with Gasteiger partial charge in [-0.1, -0.05) is 41.9 Å². The van der Waals surface area contributed by atoms with E-state index >= 15 is 0 Å². The van der Waals surface area contributed by atoms with Crippen LogP contribution in [0.2, 0.25) is 5.02 Å². The van der Waals surface area contributed by atoms with Crippen molar-refractivity contribution in [2.75, 3.05) is 13.7 Å². The maximum absolute atomic E-state index is 12.5. The van der Waals surface area contributed by atoms with Crippen molar-refractivity contribution in [2.45, 2.75) is 13.5 Å². The van der Waals surface area contributed by atoms with E-state index in [1.54, 1.807) is 13.2 Å². The summed E-state index contributed by atoms with van der Waals surface area (Å²) in [4.78, 5) is 17.6. The number of aliphatic imine (C=N–C) groups is 1. The Morgan fingerprint density at radius 3 is 2.56 bits per heavy atom. The van der Waals surface area contributed by atoms with E-state index < -0.39 is 0 Å². The molecule has 1 N–H and O–H groups in total. The van der Waals surface area contributed by atoms with Crippen LogP contribution in [0, 0.1) is 0 Å². The van der Waals surface area contributed by atoms with Gasteiger partial charge in [0.15, 0.2) is 16.7 Å². The summed E-state index contributed by atoms with van der Waals surface area (Å²) < 4.78 is 17.1. The lowest BCUT2D eigenvalue weighted by Crippen LogP contribution is -2.19. The van der Waals surface area contributed by atoms with Gasteiger partial charge in [-0.2, -0.15) is 0 Å². The standard InChI is InChI=1S/C26H23ClN2O4S/c1-3-32-23-14-18(10-13-22(23)33-16-17-8-11-19(27)12-9-17)15-24-25(30)29-26(34-24)28-20-6-4-5-7-21(20)31-2/h4-15H,3,16H2,1-2H3,(H,28,29,30)/b24-15-. The van der Waals surface area contributed by atoms with Crippen LogP contribution in [0.4, 0.5) is 5.69 Å². The molecule has 0 aromatic heterocycles. The van der Waals surface area contributed by atoms with Gasteiger partial charge in [0.2, 0.25) is 0 Å². The highest BCUT2D eigenvalue weighted by Gasteiger charge is 2.24. The van der Waals surface area contributed by atoms with Crippen LogP contribution in [0.25, 0.3) is 6.08 Å². The molecular weight excluding hydrogens is 472 g/mol. The Morgan fingerprint density at radius 2 is 1.79 bits per heavy atom. The van der Waals surface area contributed by atoms with Crippen LogP contribution < -0.4 is 19.5 Å².